The summed E-state index contributed by atoms with van der Waals surface area (Å²) >= 11 is 0. The van der Waals surface area contributed by atoms with E-state index in [1.165, 1.54) is 0 Å². The molecule has 2 aliphatic heterocycles. The normalized spacial score (nSPS) is 26.2. The van der Waals surface area contributed by atoms with E-state index in [2.05, 4.69) is 8.80 Å². The Hall–Kier alpha value is -1.11. The Labute approximate surface area is 115 Å². The molecule has 0 unspecified atom stereocenters. The van der Waals surface area contributed by atoms with Crippen molar-refractivity contribution in [1.82, 2.24) is 9.80 Å². The Morgan fingerprint density at radius 1 is 0.842 bits per heavy atom. The fraction of sp³-hybridized carbons (Fsp3) is 0.833. The zero-order valence-corrected chi connectivity index (χ0v) is 12.5. The fourth-order valence-corrected chi connectivity index (χ4v) is 3.46. The minimum Gasteiger partial charge on any atom is -0.362 e. The fourth-order valence-electron chi connectivity index (χ4n) is 2.42. The Bertz CT molecular complexity index is 446. The summed E-state index contributed by atoms with van der Waals surface area (Å²) in [5.41, 5.74) is 0. The molecule has 0 aromatic carbocycles. The van der Waals surface area contributed by atoms with Crippen molar-refractivity contribution >= 4 is 21.9 Å². The molecule has 2 aliphatic rings. The molecule has 2 saturated heterocycles. The minimum absolute atomic E-state index is 0.633. The van der Waals surface area contributed by atoms with E-state index in [0.717, 1.165) is 51.6 Å². The van der Waals surface area contributed by atoms with Crippen LogP contribution in [0.25, 0.3) is 0 Å². The summed E-state index contributed by atoms with van der Waals surface area (Å²) in [4.78, 5) is 3.82. The molecular weight excluding hydrogens is 264 g/mol. The van der Waals surface area contributed by atoms with E-state index in [4.69, 9.17) is 0 Å². The Morgan fingerprint density at radius 3 is 1.63 bits per heavy atom. The summed E-state index contributed by atoms with van der Waals surface area (Å²) in [5.74, 6) is 1.27. The summed E-state index contributed by atoms with van der Waals surface area (Å²) in [6, 6.07) is 0. The first-order valence-electron chi connectivity index (χ1n) is 6.83. The highest BCUT2D eigenvalue weighted by Crippen LogP contribution is 2.15. The smallest absolute Gasteiger partial charge is 0.362 e. The summed E-state index contributed by atoms with van der Waals surface area (Å²) in [5, 5.41) is 0. The molecular formula is C12H22N4O2S. The lowest BCUT2D eigenvalue weighted by atomic mass is 10.1. The molecule has 0 amide bonds. The molecule has 0 aromatic rings. The first-order valence-corrected chi connectivity index (χ1v) is 8.22. The second-order valence-electron chi connectivity index (χ2n) is 5.22. The van der Waals surface area contributed by atoms with Gasteiger partial charge in [-0.1, -0.05) is 0 Å². The van der Waals surface area contributed by atoms with Crippen LogP contribution < -0.4 is 0 Å². The maximum atomic E-state index is 12.0. The van der Waals surface area contributed by atoms with Crippen LogP contribution in [0.3, 0.4) is 0 Å². The number of rotatable bonds is 2. The van der Waals surface area contributed by atoms with Gasteiger partial charge in [-0.25, -0.2) is 0 Å². The van der Waals surface area contributed by atoms with Crippen LogP contribution in [0.2, 0.25) is 0 Å². The highest BCUT2D eigenvalue weighted by molar-refractivity contribution is 7.89. The Kier molecular flexibility index (Phi) is 4.44. The Morgan fingerprint density at radius 2 is 1.26 bits per heavy atom. The van der Waals surface area contributed by atoms with Gasteiger partial charge in [0, 0.05) is 40.0 Å². The first kappa shape index (κ1) is 14.3. The lowest BCUT2D eigenvalue weighted by molar-refractivity contribution is 0.433. The maximum Gasteiger partial charge on any atom is 0.366 e. The second kappa shape index (κ2) is 5.90. The minimum atomic E-state index is -3.75. The van der Waals surface area contributed by atoms with Crippen molar-refractivity contribution in [2.45, 2.75) is 38.5 Å². The van der Waals surface area contributed by atoms with E-state index >= 15 is 0 Å². The van der Waals surface area contributed by atoms with Crippen molar-refractivity contribution < 1.29 is 8.42 Å². The highest BCUT2D eigenvalue weighted by Gasteiger charge is 2.19. The molecule has 7 heteroatoms. The largest absolute Gasteiger partial charge is 0.366 e. The molecule has 0 bridgehead atoms. The molecule has 0 radical (unpaired) electrons. The molecule has 2 heterocycles. The van der Waals surface area contributed by atoms with E-state index < -0.39 is 10.2 Å². The third-order valence-corrected chi connectivity index (χ3v) is 4.49. The van der Waals surface area contributed by atoms with Gasteiger partial charge in [0.1, 0.15) is 11.7 Å². The van der Waals surface area contributed by atoms with Crippen molar-refractivity contribution in [3.8, 4) is 0 Å². The molecule has 0 spiro atoms. The predicted octanol–water partition coefficient (Wildman–Crippen LogP) is 1.26. The van der Waals surface area contributed by atoms with E-state index in [0.29, 0.717) is 11.7 Å². The van der Waals surface area contributed by atoms with Crippen LogP contribution in [-0.2, 0) is 10.2 Å². The van der Waals surface area contributed by atoms with Gasteiger partial charge in [-0.05, 0) is 25.7 Å². The zero-order chi connectivity index (χ0) is 13.9. The lowest BCUT2D eigenvalue weighted by Gasteiger charge is -2.26. The standard InChI is InChI=1S/C12H22N4O2S/c1-15-9-5-3-7-11(15)13-19(17,18)14-12-8-4-6-10-16(12)2/h3-10H2,1-2H3/b13-11+,14-12+. The third kappa shape index (κ3) is 3.92. The molecule has 0 aromatic heterocycles. The number of hydrogen-bond donors (Lipinski definition) is 0. The van der Waals surface area contributed by atoms with Crippen LogP contribution in [0.5, 0.6) is 0 Å². The molecule has 2 fully saturated rings. The molecule has 108 valence electrons. The van der Waals surface area contributed by atoms with E-state index in [1.54, 1.807) is 0 Å². The molecule has 6 nitrogen and oxygen atoms in total. The van der Waals surface area contributed by atoms with Gasteiger partial charge in [0.25, 0.3) is 0 Å². The van der Waals surface area contributed by atoms with E-state index in [-0.39, 0.29) is 0 Å². The van der Waals surface area contributed by atoms with E-state index in [1.807, 2.05) is 23.9 Å². The van der Waals surface area contributed by atoms with Gasteiger partial charge < -0.3 is 9.80 Å². The van der Waals surface area contributed by atoms with Crippen LogP contribution in [0, 0.1) is 0 Å². The zero-order valence-electron chi connectivity index (χ0n) is 11.7. The van der Waals surface area contributed by atoms with Crippen molar-refractivity contribution in [1.29, 1.82) is 0 Å². The van der Waals surface area contributed by atoms with Gasteiger partial charge in [0.15, 0.2) is 0 Å². The molecule has 0 N–H and O–H groups in total. The molecule has 0 aliphatic carbocycles. The van der Waals surface area contributed by atoms with Gasteiger partial charge >= 0.3 is 10.2 Å². The number of nitrogens with zero attached hydrogens (tertiary/aromatic N) is 4. The Balaban J connectivity index is 2.17. The van der Waals surface area contributed by atoms with Gasteiger partial charge in [0.05, 0.1) is 0 Å². The molecule has 2 rings (SSSR count). The van der Waals surface area contributed by atoms with Crippen molar-refractivity contribution in [2.75, 3.05) is 27.2 Å². The molecule has 0 atom stereocenters. The number of piperidine rings is 2. The van der Waals surface area contributed by atoms with Crippen molar-refractivity contribution in [2.24, 2.45) is 8.80 Å². The quantitative estimate of drug-likeness (QED) is 0.766. The van der Waals surface area contributed by atoms with Crippen molar-refractivity contribution in [3.63, 3.8) is 0 Å². The van der Waals surface area contributed by atoms with Gasteiger partial charge in [-0.15, -0.1) is 8.80 Å². The van der Waals surface area contributed by atoms with Gasteiger partial charge in [-0.2, -0.15) is 8.42 Å². The first-order chi connectivity index (χ1) is 8.98. The van der Waals surface area contributed by atoms with Gasteiger partial charge in [0.2, 0.25) is 0 Å². The van der Waals surface area contributed by atoms with Crippen LogP contribution in [-0.4, -0.2) is 57.1 Å². The van der Waals surface area contributed by atoms with Crippen LogP contribution >= 0.6 is 0 Å². The number of likely N-dealkylation sites (tertiary alicyclic amines) is 2. The summed E-state index contributed by atoms with van der Waals surface area (Å²) in [6.45, 7) is 1.73. The average Bonchev–Trinajstić information content (AvgIpc) is 2.35. The second-order valence-corrected chi connectivity index (χ2v) is 6.48. The SMILES string of the molecule is CN1CCCC/C1=N\S(=O)(=O)/N=C1\CCCCN1C. The van der Waals surface area contributed by atoms with Crippen LogP contribution in [0.4, 0.5) is 0 Å². The summed E-state index contributed by atoms with van der Waals surface area (Å²) < 4.78 is 31.8. The number of hydrogen-bond acceptors (Lipinski definition) is 2. The topological polar surface area (TPSA) is 65.3 Å². The van der Waals surface area contributed by atoms with E-state index in [9.17, 15) is 8.42 Å². The predicted molar refractivity (Wildman–Crippen MR) is 76.8 cm³/mol. The van der Waals surface area contributed by atoms with Crippen LogP contribution in [0.1, 0.15) is 38.5 Å². The van der Waals surface area contributed by atoms with Crippen molar-refractivity contribution in [3.05, 3.63) is 0 Å². The monoisotopic (exact) mass is 286 g/mol. The third-order valence-electron chi connectivity index (χ3n) is 3.61. The average molecular weight is 286 g/mol. The van der Waals surface area contributed by atoms with Crippen LogP contribution in [0.15, 0.2) is 8.80 Å². The number of amidine groups is 2. The highest BCUT2D eigenvalue weighted by atomic mass is 32.2. The lowest BCUT2D eigenvalue weighted by Crippen LogP contribution is -2.33. The summed E-state index contributed by atoms with van der Waals surface area (Å²) in [7, 11) is 0.0106. The summed E-state index contributed by atoms with van der Waals surface area (Å²) in [6.07, 6.45) is 5.61. The van der Waals surface area contributed by atoms with Gasteiger partial charge in [-0.3, -0.25) is 0 Å². The molecule has 19 heavy (non-hydrogen) atoms. The molecule has 0 saturated carbocycles. The maximum absolute atomic E-state index is 12.0.